The highest BCUT2D eigenvalue weighted by molar-refractivity contribution is 7.92. The van der Waals surface area contributed by atoms with Crippen molar-refractivity contribution in [3.63, 3.8) is 0 Å². The van der Waals surface area contributed by atoms with E-state index in [1.165, 1.54) is 17.3 Å². The molecule has 2 heterocycles. The lowest BCUT2D eigenvalue weighted by Crippen LogP contribution is -2.40. The van der Waals surface area contributed by atoms with Crippen LogP contribution in [0, 0.1) is 0 Å². The Morgan fingerprint density at radius 1 is 1.36 bits per heavy atom. The van der Waals surface area contributed by atoms with Gasteiger partial charge in [-0.2, -0.15) is 4.31 Å². The Kier molecular flexibility index (Phi) is 4.67. The third-order valence-electron chi connectivity index (χ3n) is 4.86. The molecule has 0 aliphatic carbocycles. The van der Waals surface area contributed by atoms with E-state index in [9.17, 15) is 21.6 Å². The maximum Gasteiger partial charge on any atom is 0.243 e. The average molecular weight is 386 g/mol. The van der Waals surface area contributed by atoms with Crippen LogP contribution in [0.15, 0.2) is 23.1 Å². The highest BCUT2D eigenvalue weighted by atomic mass is 32.2. The van der Waals surface area contributed by atoms with Crippen molar-refractivity contribution >= 4 is 31.5 Å². The van der Waals surface area contributed by atoms with Crippen LogP contribution in [0.3, 0.4) is 0 Å². The summed E-state index contributed by atoms with van der Waals surface area (Å²) < 4.78 is 50.8. The molecule has 7 nitrogen and oxygen atoms in total. The molecule has 2 aliphatic heterocycles. The summed E-state index contributed by atoms with van der Waals surface area (Å²) in [6.45, 7) is 3.97. The molecule has 1 aromatic carbocycles. The minimum absolute atomic E-state index is 0.0292. The number of rotatable bonds is 4. The van der Waals surface area contributed by atoms with Gasteiger partial charge in [-0.05, 0) is 36.6 Å². The minimum Gasteiger partial charge on any atom is -0.312 e. The average Bonchev–Trinajstić information content (AvgIpc) is 3.10. The summed E-state index contributed by atoms with van der Waals surface area (Å²) in [5.41, 5.74) is 1.57. The molecule has 138 valence electrons. The van der Waals surface area contributed by atoms with E-state index >= 15 is 0 Å². The van der Waals surface area contributed by atoms with Crippen molar-refractivity contribution in [1.82, 2.24) is 4.31 Å². The summed E-state index contributed by atoms with van der Waals surface area (Å²) in [7, 11) is -6.95. The van der Waals surface area contributed by atoms with Gasteiger partial charge in [0, 0.05) is 31.7 Å². The third-order valence-corrected chi connectivity index (χ3v) is 8.63. The van der Waals surface area contributed by atoms with E-state index < -0.39 is 25.9 Å². The third kappa shape index (κ3) is 3.32. The topological polar surface area (TPSA) is 91.8 Å². The second-order valence-electron chi connectivity index (χ2n) is 6.48. The van der Waals surface area contributed by atoms with Gasteiger partial charge in [0.25, 0.3) is 0 Å². The van der Waals surface area contributed by atoms with E-state index in [4.69, 9.17) is 0 Å². The molecule has 3 rings (SSSR count). The van der Waals surface area contributed by atoms with Gasteiger partial charge in [-0.15, -0.1) is 0 Å². The number of sulfonamides is 1. The SMILES string of the molecule is CCN([C@H]1CCS(=O)(=O)C1)S(=O)(=O)c1ccc2c(c1)CCN2C(C)=O. The van der Waals surface area contributed by atoms with Gasteiger partial charge in [-0.3, -0.25) is 4.79 Å². The summed E-state index contributed by atoms with van der Waals surface area (Å²) in [5, 5.41) is 0. The van der Waals surface area contributed by atoms with Crippen molar-refractivity contribution in [2.75, 3.05) is 29.5 Å². The summed E-state index contributed by atoms with van der Waals surface area (Å²) in [6, 6.07) is 4.26. The normalized spacial score (nSPS) is 22.4. The lowest BCUT2D eigenvalue weighted by atomic mass is 10.2. The quantitative estimate of drug-likeness (QED) is 0.763. The number of nitrogens with zero attached hydrogens (tertiary/aromatic N) is 2. The van der Waals surface area contributed by atoms with Gasteiger partial charge < -0.3 is 4.90 Å². The number of amides is 1. The monoisotopic (exact) mass is 386 g/mol. The van der Waals surface area contributed by atoms with Crippen molar-refractivity contribution in [2.24, 2.45) is 0 Å². The molecule has 25 heavy (non-hydrogen) atoms. The first kappa shape index (κ1) is 18.3. The van der Waals surface area contributed by atoms with Crippen molar-refractivity contribution in [3.05, 3.63) is 23.8 Å². The lowest BCUT2D eigenvalue weighted by Gasteiger charge is -2.26. The second-order valence-corrected chi connectivity index (χ2v) is 10.6. The molecule has 0 radical (unpaired) electrons. The highest BCUT2D eigenvalue weighted by Gasteiger charge is 2.38. The van der Waals surface area contributed by atoms with E-state index in [0.29, 0.717) is 19.4 Å². The second kappa shape index (κ2) is 6.37. The maximum absolute atomic E-state index is 13.0. The number of carbonyl (C=O) groups is 1. The lowest BCUT2D eigenvalue weighted by molar-refractivity contribution is -0.116. The molecule has 0 unspecified atom stereocenters. The number of sulfone groups is 1. The first-order chi connectivity index (χ1) is 11.7. The van der Waals surface area contributed by atoms with E-state index in [-0.39, 0.29) is 28.9 Å². The van der Waals surface area contributed by atoms with Gasteiger partial charge in [0.05, 0.1) is 16.4 Å². The Balaban J connectivity index is 1.93. The zero-order chi connectivity index (χ0) is 18.4. The van der Waals surface area contributed by atoms with Crippen LogP contribution < -0.4 is 4.90 Å². The van der Waals surface area contributed by atoms with Crippen molar-refractivity contribution in [3.8, 4) is 0 Å². The molecular weight excluding hydrogens is 364 g/mol. The van der Waals surface area contributed by atoms with E-state index in [2.05, 4.69) is 0 Å². The van der Waals surface area contributed by atoms with Crippen LogP contribution >= 0.6 is 0 Å². The van der Waals surface area contributed by atoms with Gasteiger partial charge in [0.15, 0.2) is 9.84 Å². The zero-order valence-corrected chi connectivity index (χ0v) is 15.9. The standard InChI is InChI=1S/C16H22N2O5S2/c1-3-18(14-7-9-24(20,21)11-14)25(22,23)15-4-5-16-13(10-15)6-8-17(16)12(2)19/h4-5,10,14H,3,6-9,11H2,1-2H3/t14-/m0/s1. The number of benzene rings is 1. The van der Waals surface area contributed by atoms with Crippen LogP contribution in [-0.4, -0.2) is 57.7 Å². The van der Waals surface area contributed by atoms with Gasteiger partial charge >= 0.3 is 0 Å². The smallest absolute Gasteiger partial charge is 0.243 e. The fourth-order valence-electron chi connectivity index (χ4n) is 3.63. The summed E-state index contributed by atoms with van der Waals surface area (Å²) in [4.78, 5) is 13.4. The molecule has 0 spiro atoms. The Labute approximate surface area is 148 Å². The molecule has 1 fully saturated rings. The molecule has 1 aromatic rings. The molecule has 1 atom stereocenters. The van der Waals surface area contributed by atoms with E-state index in [1.807, 2.05) is 0 Å². The Hall–Kier alpha value is -1.45. The minimum atomic E-state index is -3.78. The summed E-state index contributed by atoms with van der Waals surface area (Å²) in [6.07, 6.45) is 0.945. The molecule has 2 aliphatic rings. The molecule has 0 N–H and O–H groups in total. The van der Waals surface area contributed by atoms with Crippen LogP contribution in [0.4, 0.5) is 5.69 Å². The fourth-order valence-corrected chi connectivity index (χ4v) is 7.17. The summed E-state index contributed by atoms with van der Waals surface area (Å²) >= 11 is 0. The van der Waals surface area contributed by atoms with E-state index in [1.54, 1.807) is 24.0 Å². The largest absolute Gasteiger partial charge is 0.312 e. The van der Waals surface area contributed by atoms with Crippen LogP contribution in [0.5, 0.6) is 0 Å². The van der Waals surface area contributed by atoms with Gasteiger partial charge in [0.2, 0.25) is 15.9 Å². The number of hydrogen-bond donors (Lipinski definition) is 0. The maximum atomic E-state index is 13.0. The summed E-state index contributed by atoms with van der Waals surface area (Å²) in [5.74, 6) is -0.161. The molecule has 1 amide bonds. The highest BCUT2D eigenvalue weighted by Crippen LogP contribution is 2.32. The molecule has 0 aromatic heterocycles. The first-order valence-electron chi connectivity index (χ1n) is 8.29. The van der Waals surface area contributed by atoms with Gasteiger partial charge in [-0.1, -0.05) is 6.92 Å². The molecule has 1 saturated heterocycles. The number of hydrogen-bond acceptors (Lipinski definition) is 5. The molecule has 0 bridgehead atoms. The molecular formula is C16H22N2O5S2. The first-order valence-corrected chi connectivity index (χ1v) is 11.5. The number of anilines is 1. The fraction of sp³-hybridized carbons (Fsp3) is 0.562. The van der Waals surface area contributed by atoms with Crippen LogP contribution in [0.2, 0.25) is 0 Å². The number of fused-ring (bicyclic) bond motifs is 1. The molecule has 9 heteroatoms. The van der Waals surface area contributed by atoms with Gasteiger partial charge in [0.1, 0.15) is 0 Å². The van der Waals surface area contributed by atoms with Crippen molar-refractivity contribution < 1.29 is 21.6 Å². The predicted molar refractivity (Wildman–Crippen MR) is 94.8 cm³/mol. The number of carbonyl (C=O) groups excluding carboxylic acids is 1. The van der Waals surface area contributed by atoms with Crippen molar-refractivity contribution in [2.45, 2.75) is 37.6 Å². The van der Waals surface area contributed by atoms with Crippen LogP contribution in [0.1, 0.15) is 25.8 Å². The zero-order valence-electron chi connectivity index (χ0n) is 14.3. The molecule has 0 saturated carbocycles. The van der Waals surface area contributed by atoms with Gasteiger partial charge in [-0.25, -0.2) is 16.8 Å². The van der Waals surface area contributed by atoms with Crippen LogP contribution in [0.25, 0.3) is 0 Å². The predicted octanol–water partition coefficient (Wildman–Crippen LogP) is 0.793. The Morgan fingerprint density at radius 3 is 2.64 bits per heavy atom. The Morgan fingerprint density at radius 2 is 2.08 bits per heavy atom. The van der Waals surface area contributed by atoms with Crippen molar-refractivity contribution in [1.29, 1.82) is 0 Å². The Bertz CT molecular complexity index is 908. The van der Waals surface area contributed by atoms with E-state index in [0.717, 1.165) is 11.3 Å². The van der Waals surface area contributed by atoms with Crippen LogP contribution in [-0.2, 0) is 31.1 Å².